The van der Waals surface area contributed by atoms with Gasteiger partial charge in [-0.2, -0.15) is 0 Å². The van der Waals surface area contributed by atoms with E-state index in [2.05, 4.69) is 11.7 Å². The van der Waals surface area contributed by atoms with Crippen LogP contribution < -0.4 is 0 Å². The number of aldehydes is 1. The highest BCUT2D eigenvalue weighted by molar-refractivity contribution is 5.79. The first-order chi connectivity index (χ1) is 7.21. The summed E-state index contributed by atoms with van der Waals surface area (Å²) in [5, 5.41) is 0. The van der Waals surface area contributed by atoms with Gasteiger partial charge < -0.3 is 14.2 Å². The fraction of sp³-hybridized carbons (Fsp3) is 0.400. The molecule has 0 radical (unpaired) electrons. The van der Waals surface area contributed by atoms with E-state index in [0.29, 0.717) is 17.8 Å². The predicted molar refractivity (Wildman–Crippen MR) is 56.4 cm³/mol. The van der Waals surface area contributed by atoms with Gasteiger partial charge in [-0.3, -0.25) is 9.79 Å². The summed E-state index contributed by atoms with van der Waals surface area (Å²) in [5.74, 6) is 0.706. The van der Waals surface area contributed by atoms with Crippen LogP contribution in [0.3, 0.4) is 0 Å². The molecule has 0 aromatic carbocycles. The van der Waals surface area contributed by atoms with Crippen molar-refractivity contribution in [1.82, 2.24) is 0 Å². The van der Waals surface area contributed by atoms with E-state index < -0.39 is 0 Å². The Labute approximate surface area is 89.0 Å². The van der Waals surface area contributed by atoms with E-state index in [1.54, 1.807) is 6.92 Å². The fourth-order valence-electron chi connectivity index (χ4n) is 0.855. The van der Waals surface area contributed by atoms with E-state index in [1.165, 1.54) is 20.4 Å². The van der Waals surface area contributed by atoms with Crippen LogP contribution in [0.4, 0.5) is 0 Å². The van der Waals surface area contributed by atoms with Crippen molar-refractivity contribution in [2.24, 2.45) is 4.99 Å². The Kier molecular flexibility index (Phi) is 6.92. The number of hydrogen-bond donors (Lipinski definition) is 0. The molecule has 0 amide bonds. The number of aliphatic imine (C=N–C) groups is 1. The molecular formula is C10H15NO4. The third-order valence-corrected chi connectivity index (χ3v) is 1.58. The van der Waals surface area contributed by atoms with Gasteiger partial charge in [-0.1, -0.05) is 0 Å². The van der Waals surface area contributed by atoms with Crippen molar-refractivity contribution in [3.05, 3.63) is 23.3 Å². The molecule has 0 saturated heterocycles. The average molecular weight is 213 g/mol. The number of carbonyl (C=O) groups is 1. The highest BCUT2D eigenvalue weighted by Crippen LogP contribution is 2.14. The van der Waals surface area contributed by atoms with Gasteiger partial charge in [0, 0.05) is 7.11 Å². The van der Waals surface area contributed by atoms with Gasteiger partial charge >= 0.3 is 0 Å². The molecule has 0 spiro atoms. The van der Waals surface area contributed by atoms with E-state index >= 15 is 0 Å². The molecule has 0 aromatic rings. The van der Waals surface area contributed by atoms with E-state index in [0.717, 1.165) is 0 Å². The number of rotatable bonds is 7. The van der Waals surface area contributed by atoms with Crippen LogP contribution in [0.15, 0.2) is 28.3 Å². The maximum atomic E-state index is 10.8. The zero-order valence-corrected chi connectivity index (χ0v) is 9.15. The largest absolute Gasteiger partial charge is 0.494 e. The molecule has 5 nitrogen and oxygen atoms in total. The topological polar surface area (TPSA) is 57.1 Å². The lowest BCUT2D eigenvalue weighted by molar-refractivity contribution is -0.105. The first-order valence-electron chi connectivity index (χ1n) is 4.19. The number of hydrogen-bond acceptors (Lipinski definition) is 5. The number of ether oxygens (including phenoxy) is 3. The number of nitrogens with zero attached hydrogens (tertiary/aromatic N) is 1. The molecule has 0 aliphatic heterocycles. The van der Waals surface area contributed by atoms with Crippen LogP contribution in [-0.4, -0.2) is 34.0 Å². The van der Waals surface area contributed by atoms with Crippen molar-refractivity contribution in [3.63, 3.8) is 0 Å². The summed E-state index contributed by atoms with van der Waals surface area (Å²) in [7, 11) is 2.93. The van der Waals surface area contributed by atoms with Gasteiger partial charge in [-0.25, -0.2) is 0 Å². The van der Waals surface area contributed by atoms with Crippen molar-refractivity contribution >= 4 is 13.0 Å². The third kappa shape index (κ3) is 4.42. The van der Waals surface area contributed by atoms with E-state index in [-0.39, 0.29) is 12.4 Å². The Morgan fingerprint density at radius 1 is 1.47 bits per heavy atom. The van der Waals surface area contributed by atoms with Gasteiger partial charge in [0.2, 0.25) is 0 Å². The van der Waals surface area contributed by atoms with Crippen molar-refractivity contribution in [1.29, 1.82) is 0 Å². The lowest BCUT2D eigenvalue weighted by Crippen LogP contribution is -2.02. The summed E-state index contributed by atoms with van der Waals surface area (Å²) in [5.41, 5.74) is 0.280. The highest BCUT2D eigenvalue weighted by Gasteiger charge is 2.09. The lowest BCUT2D eigenvalue weighted by Gasteiger charge is -2.10. The van der Waals surface area contributed by atoms with Crippen molar-refractivity contribution < 1.29 is 19.0 Å². The molecule has 84 valence electrons. The summed E-state index contributed by atoms with van der Waals surface area (Å²) in [6.45, 7) is 4.98. The monoisotopic (exact) mass is 213 g/mol. The molecular weight excluding hydrogens is 198 g/mol. The summed E-state index contributed by atoms with van der Waals surface area (Å²) in [6.07, 6.45) is 1.97. The second-order valence-corrected chi connectivity index (χ2v) is 2.52. The Hall–Kier alpha value is -1.62. The maximum absolute atomic E-state index is 10.8. The lowest BCUT2D eigenvalue weighted by atomic mass is 10.2. The van der Waals surface area contributed by atoms with Crippen LogP contribution in [0.2, 0.25) is 0 Å². The van der Waals surface area contributed by atoms with E-state index in [1.807, 2.05) is 0 Å². The normalized spacial score (nSPS) is 12.9. The maximum Gasteiger partial charge on any atom is 0.188 e. The molecule has 0 aliphatic carbocycles. The molecule has 0 atom stereocenters. The summed E-state index contributed by atoms with van der Waals surface area (Å²) < 4.78 is 14.8. The SMILES string of the molecule is C=N/C=C(OC)\C(C=O)=C(/C)OCOC. The molecule has 5 heteroatoms. The van der Waals surface area contributed by atoms with E-state index in [4.69, 9.17) is 14.2 Å². The average Bonchev–Trinajstić information content (AvgIpc) is 2.26. The van der Waals surface area contributed by atoms with Crippen LogP contribution in [0, 0.1) is 0 Å². The van der Waals surface area contributed by atoms with Gasteiger partial charge in [-0.05, 0) is 13.6 Å². The Balaban J connectivity index is 4.91. The Morgan fingerprint density at radius 2 is 2.13 bits per heavy atom. The molecule has 0 heterocycles. The van der Waals surface area contributed by atoms with Gasteiger partial charge in [0.05, 0.1) is 18.9 Å². The minimum absolute atomic E-state index is 0.0711. The summed E-state index contributed by atoms with van der Waals surface area (Å²) >= 11 is 0. The van der Waals surface area contributed by atoms with Crippen LogP contribution in [0.5, 0.6) is 0 Å². The Morgan fingerprint density at radius 3 is 2.53 bits per heavy atom. The second-order valence-electron chi connectivity index (χ2n) is 2.52. The van der Waals surface area contributed by atoms with Gasteiger partial charge in [0.15, 0.2) is 18.8 Å². The molecule has 0 unspecified atom stereocenters. The molecule has 0 aliphatic rings. The van der Waals surface area contributed by atoms with Gasteiger partial charge in [0.1, 0.15) is 5.76 Å². The van der Waals surface area contributed by atoms with Gasteiger partial charge in [-0.15, -0.1) is 0 Å². The smallest absolute Gasteiger partial charge is 0.188 e. The van der Waals surface area contributed by atoms with Crippen molar-refractivity contribution in [2.75, 3.05) is 21.0 Å². The second kappa shape index (κ2) is 7.75. The summed E-state index contributed by atoms with van der Waals surface area (Å²) in [4.78, 5) is 14.3. The minimum atomic E-state index is 0.0711. The van der Waals surface area contributed by atoms with Crippen molar-refractivity contribution in [3.8, 4) is 0 Å². The standard InChI is InChI=1S/C10H15NO4/c1-8(15-7-13-3)9(6-12)10(14-4)5-11-2/h5-6H,2,7H2,1,3-4H3/b9-8+,10-5+. The van der Waals surface area contributed by atoms with Crippen LogP contribution in [0.25, 0.3) is 0 Å². The summed E-state index contributed by atoms with van der Waals surface area (Å²) in [6, 6.07) is 0. The Bertz CT molecular complexity index is 281. The third-order valence-electron chi connectivity index (χ3n) is 1.58. The number of carbonyl (C=O) groups excluding carboxylic acids is 1. The fourth-order valence-corrected chi connectivity index (χ4v) is 0.855. The molecule has 0 aromatic heterocycles. The molecule has 0 fully saturated rings. The zero-order valence-electron chi connectivity index (χ0n) is 9.15. The predicted octanol–water partition coefficient (Wildman–Crippen LogP) is 1.27. The quantitative estimate of drug-likeness (QED) is 0.159. The van der Waals surface area contributed by atoms with Crippen LogP contribution in [0.1, 0.15) is 6.92 Å². The first kappa shape index (κ1) is 13.4. The van der Waals surface area contributed by atoms with Crippen LogP contribution >= 0.6 is 0 Å². The number of allylic oxidation sites excluding steroid dienone is 2. The molecule has 0 rings (SSSR count). The number of methoxy groups -OCH3 is 2. The molecule has 0 N–H and O–H groups in total. The van der Waals surface area contributed by atoms with Crippen molar-refractivity contribution in [2.45, 2.75) is 6.92 Å². The van der Waals surface area contributed by atoms with Gasteiger partial charge in [0.25, 0.3) is 0 Å². The first-order valence-corrected chi connectivity index (χ1v) is 4.19. The molecule has 0 bridgehead atoms. The highest BCUT2D eigenvalue weighted by atomic mass is 16.7. The molecule has 15 heavy (non-hydrogen) atoms. The zero-order chi connectivity index (χ0) is 11.7. The van der Waals surface area contributed by atoms with Crippen LogP contribution in [-0.2, 0) is 19.0 Å². The van der Waals surface area contributed by atoms with E-state index in [9.17, 15) is 4.79 Å². The minimum Gasteiger partial charge on any atom is -0.494 e. The molecule has 0 saturated carbocycles.